The third-order valence-electron chi connectivity index (χ3n) is 3.97. The van der Waals surface area contributed by atoms with Gasteiger partial charge in [-0.2, -0.15) is 5.10 Å². The average Bonchev–Trinajstić information content (AvgIpc) is 3.21. The summed E-state index contributed by atoms with van der Waals surface area (Å²) in [5.74, 6) is -0.160. The van der Waals surface area contributed by atoms with E-state index in [1.165, 1.54) is 0 Å². The van der Waals surface area contributed by atoms with Crippen LogP contribution in [0.15, 0.2) is 6.07 Å². The third-order valence-corrected chi connectivity index (χ3v) is 6.13. The number of nitrogens with one attached hydrogen (secondary N) is 1. The van der Waals surface area contributed by atoms with Crippen LogP contribution in [0.3, 0.4) is 0 Å². The minimum absolute atomic E-state index is 0.178. The highest BCUT2D eigenvalue weighted by Gasteiger charge is 2.51. The van der Waals surface area contributed by atoms with Gasteiger partial charge in [0.1, 0.15) is 0 Å². The highest BCUT2D eigenvalue weighted by Crippen LogP contribution is 2.42. The summed E-state index contributed by atoms with van der Waals surface area (Å²) >= 11 is 0. The maximum atomic E-state index is 12.0. The van der Waals surface area contributed by atoms with Crippen LogP contribution in [0.25, 0.3) is 0 Å². The molecular formula is C12H17N3O3S. The second kappa shape index (κ2) is 3.82. The predicted molar refractivity (Wildman–Crippen MR) is 69.2 cm³/mol. The van der Waals surface area contributed by atoms with E-state index >= 15 is 0 Å². The fourth-order valence-electron chi connectivity index (χ4n) is 2.10. The average molecular weight is 283 g/mol. The van der Waals surface area contributed by atoms with E-state index in [1.54, 1.807) is 24.7 Å². The van der Waals surface area contributed by atoms with Crippen LogP contribution < -0.4 is 4.72 Å². The Morgan fingerprint density at radius 3 is 2.63 bits per heavy atom. The molecule has 2 saturated carbocycles. The molecule has 0 spiro atoms. The molecule has 0 unspecified atom stereocenters. The van der Waals surface area contributed by atoms with Crippen LogP contribution in [-0.4, -0.2) is 28.9 Å². The lowest BCUT2D eigenvalue weighted by Gasteiger charge is -2.10. The molecule has 1 heterocycles. The van der Waals surface area contributed by atoms with Gasteiger partial charge in [-0.3, -0.25) is 9.48 Å². The monoisotopic (exact) mass is 283 g/mol. The normalized spacial score (nSPS) is 21.2. The molecule has 2 aliphatic carbocycles. The van der Waals surface area contributed by atoms with Gasteiger partial charge in [0, 0.05) is 18.7 Å². The van der Waals surface area contributed by atoms with Gasteiger partial charge in [0.05, 0.1) is 4.75 Å². The van der Waals surface area contributed by atoms with E-state index in [1.807, 2.05) is 0 Å². The van der Waals surface area contributed by atoms with E-state index in [0.717, 1.165) is 18.5 Å². The highest BCUT2D eigenvalue weighted by molar-refractivity contribution is 7.91. The van der Waals surface area contributed by atoms with Crippen LogP contribution in [0.1, 0.15) is 54.7 Å². The first-order chi connectivity index (χ1) is 8.82. The molecule has 1 N–H and O–H groups in total. The molecule has 6 nitrogen and oxygen atoms in total. The van der Waals surface area contributed by atoms with Gasteiger partial charge >= 0.3 is 0 Å². The van der Waals surface area contributed by atoms with Gasteiger partial charge < -0.3 is 0 Å². The van der Waals surface area contributed by atoms with Crippen LogP contribution in [0.2, 0.25) is 0 Å². The van der Waals surface area contributed by atoms with Crippen LogP contribution in [0, 0.1) is 0 Å². The number of hydrogen-bond acceptors (Lipinski definition) is 4. The van der Waals surface area contributed by atoms with Gasteiger partial charge in [0.2, 0.25) is 10.0 Å². The van der Waals surface area contributed by atoms with Gasteiger partial charge in [0.15, 0.2) is 5.69 Å². The number of aryl methyl sites for hydroxylation is 1. The molecule has 19 heavy (non-hydrogen) atoms. The number of nitrogens with zero attached hydrogens (tertiary/aromatic N) is 2. The van der Waals surface area contributed by atoms with Crippen molar-refractivity contribution in [2.45, 2.75) is 43.3 Å². The Morgan fingerprint density at radius 1 is 1.47 bits per heavy atom. The summed E-state index contributed by atoms with van der Waals surface area (Å²) in [6, 6.07) is 1.69. The number of carbonyl (C=O) groups is 1. The summed E-state index contributed by atoms with van der Waals surface area (Å²) in [5.41, 5.74) is 1.18. The van der Waals surface area contributed by atoms with Crippen molar-refractivity contribution in [3.8, 4) is 0 Å². The van der Waals surface area contributed by atoms with E-state index in [0.29, 0.717) is 18.8 Å². The van der Waals surface area contributed by atoms with Crippen LogP contribution in [0.4, 0.5) is 0 Å². The van der Waals surface area contributed by atoms with E-state index in [4.69, 9.17) is 0 Å². The number of amides is 1. The minimum atomic E-state index is -3.59. The van der Waals surface area contributed by atoms with E-state index in [9.17, 15) is 13.2 Å². The van der Waals surface area contributed by atoms with E-state index in [2.05, 4.69) is 9.82 Å². The van der Waals surface area contributed by atoms with Gasteiger partial charge in [-0.05, 0) is 38.7 Å². The molecule has 1 amide bonds. The molecule has 104 valence electrons. The zero-order valence-corrected chi connectivity index (χ0v) is 11.8. The summed E-state index contributed by atoms with van der Waals surface area (Å²) in [4.78, 5) is 12.0. The smallest absolute Gasteiger partial charge is 0.272 e. The van der Waals surface area contributed by atoms with Crippen molar-refractivity contribution >= 4 is 15.9 Å². The van der Waals surface area contributed by atoms with Crippen molar-refractivity contribution < 1.29 is 13.2 Å². The molecule has 2 aliphatic rings. The molecule has 0 bridgehead atoms. The summed E-state index contributed by atoms with van der Waals surface area (Å²) in [6.07, 6.45) is 3.42. The molecule has 0 aliphatic heterocycles. The largest absolute Gasteiger partial charge is 0.285 e. The van der Waals surface area contributed by atoms with Gasteiger partial charge in [0.25, 0.3) is 5.91 Å². The lowest BCUT2D eigenvalue weighted by atomic mass is 10.2. The van der Waals surface area contributed by atoms with Crippen molar-refractivity contribution in [3.05, 3.63) is 17.5 Å². The highest BCUT2D eigenvalue weighted by atomic mass is 32.2. The van der Waals surface area contributed by atoms with E-state index in [-0.39, 0.29) is 5.69 Å². The number of hydrogen-bond donors (Lipinski definition) is 1. The lowest BCUT2D eigenvalue weighted by Crippen LogP contribution is -2.38. The molecule has 1 aromatic heterocycles. The van der Waals surface area contributed by atoms with Crippen molar-refractivity contribution in [3.63, 3.8) is 0 Å². The predicted octanol–water partition coefficient (Wildman–Crippen LogP) is 0.910. The zero-order chi connectivity index (χ0) is 13.8. The van der Waals surface area contributed by atoms with Gasteiger partial charge in [-0.25, -0.2) is 13.1 Å². The maximum Gasteiger partial charge on any atom is 0.285 e. The van der Waals surface area contributed by atoms with Crippen molar-refractivity contribution in [2.75, 3.05) is 0 Å². The Morgan fingerprint density at radius 2 is 2.11 bits per heavy atom. The second-order valence-electron chi connectivity index (χ2n) is 5.74. The standard InChI is InChI=1S/C12H17N3O3S/c1-12(5-6-12)19(17,18)14-11(16)9-7-10(8-3-4-8)15(2)13-9/h7-8H,3-6H2,1-2H3,(H,14,16). The molecule has 1 aromatic rings. The van der Waals surface area contributed by atoms with Gasteiger partial charge in [-0.15, -0.1) is 0 Å². The molecule has 0 radical (unpaired) electrons. The van der Waals surface area contributed by atoms with Crippen molar-refractivity contribution in [1.29, 1.82) is 0 Å². The number of carbonyl (C=O) groups excluding carboxylic acids is 1. The summed E-state index contributed by atoms with van der Waals surface area (Å²) in [7, 11) is -1.81. The number of sulfonamides is 1. The molecule has 7 heteroatoms. The first kappa shape index (κ1) is 12.7. The summed E-state index contributed by atoms with van der Waals surface area (Å²) in [5, 5.41) is 4.10. The van der Waals surface area contributed by atoms with Gasteiger partial charge in [-0.1, -0.05) is 0 Å². The molecule has 0 saturated heterocycles. The number of aromatic nitrogens is 2. The van der Waals surface area contributed by atoms with Crippen LogP contribution >= 0.6 is 0 Å². The molecular weight excluding hydrogens is 266 g/mol. The molecule has 0 atom stereocenters. The van der Waals surface area contributed by atoms with Crippen LogP contribution in [0.5, 0.6) is 0 Å². The fraction of sp³-hybridized carbons (Fsp3) is 0.667. The zero-order valence-electron chi connectivity index (χ0n) is 11.0. The molecule has 0 aromatic carbocycles. The van der Waals surface area contributed by atoms with E-state index < -0.39 is 20.7 Å². The Hall–Kier alpha value is -1.37. The summed E-state index contributed by atoms with van der Waals surface area (Å²) < 4.78 is 27.0. The molecule has 3 rings (SSSR count). The van der Waals surface area contributed by atoms with Crippen LogP contribution in [-0.2, 0) is 17.1 Å². The first-order valence-corrected chi connectivity index (χ1v) is 7.91. The number of rotatable bonds is 4. The topological polar surface area (TPSA) is 81.1 Å². The second-order valence-corrected chi connectivity index (χ2v) is 7.93. The quantitative estimate of drug-likeness (QED) is 0.890. The third kappa shape index (κ3) is 2.16. The fourth-order valence-corrected chi connectivity index (χ4v) is 3.33. The lowest BCUT2D eigenvalue weighted by molar-refractivity contribution is 0.0975. The van der Waals surface area contributed by atoms with Crippen molar-refractivity contribution in [2.24, 2.45) is 7.05 Å². The summed E-state index contributed by atoms with van der Waals surface area (Å²) in [6.45, 7) is 1.65. The minimum Gasteiger partial charge on any atom is -0.272 e. The molecule has 2 fully saturated rings. The Bertz CT molecular complexity index is 639. The van der Waals surface area contributed by atoms with Crippen molar-refractivity contribution in [1.82, 2.24) is 14.5 Å². The Balaban J connectivity index is 1.79. The SMILES string of the molecule is Cn1nc(C(=O)NS(=O)(=O)C2(C)CC2)cc1C1CC1. The maximum absolute atomic E-state index is 12.0. The Labute approximate surface area is 112 Å². The first-order valence-electron chi connectivity index (χ1n) is 6.43. The Kier molecular flexibility index (Phi) is 2.54.